The minimum atomic E-state index is -1.24. The maximum Gasteiger partial charge on any atom is 0.0776 e. The van der Waals surface area contributed by atoms with E-state index >= 15 is 0 Å². The molecular formula is C18H24Si. The Balaban J connectivity index is 2.60. The van der Waals surface area contributed by atoms with E-state index in [0.29, 0.717) is 0 Å². The number of hydrogen-bond acceptors (Lipinski definition) is 0. The van der Waals surface area contributed by atoms with Crippen LogP contribution in [0.4, 0.5) is 0 Å². The van der Waals surface area contributed by atoms with Crippen molar-refractivity contribution in [1.29, 1.82) is 0 Å². The van der Waals surface area contributed by atoms with E-state index in [0.717, 1.165) is 0 Å². The summed E-state index contributed by atoms with van der Waals surface area (Å²) in [4.78, 5) is 0. The van der Waals surface area contributed by atoms with Gasteiger partial charge in [0.2, 0.25) is 0 Å². The molecular weight excluding hydrogens is 244 g/mol. The van der Waals surface area contributed by atoms with Crippen LogP contribution in [-0.2, 0) is 0 Å². The molecule has 0 fully saturated rings. The Morgan fingerprint density at radius 1 is 0.789 bits per heavy atom. The van der Waals surface area contributed by atoms with Gasteiger partial charge in [-0.15, -0.1) is 0 Å². The Hall–Kier alpha value is -1.34. The van der Waals surface area contributed by atoms with Crippen molar-refractivity contribution in [2.45, 2.75) is 40.4 Å². The minimum absolute atomic E-state index is 1.24. The van der Waals surface area contributed by atoms with Gasteiger partial charge in [-0.25, -0.2) is 0 Å². The largest absolute Gasteiger partial charge is 0.0776 e. The summed E-state index contributed by atoms with van der Waals surface area (Å²) in [5, 5.41) is 1.53. The second-order valence-corrected chi connectivity index (χ2v) is 11.7. The monoisotopic (exact) mass is 268 g/mol. The third-order valence-electron chi connectivity index (χ3n) is 3.69. The Morgan fingerprint density at radius 3 is 1.89 bits per heavy atom. The van der Waals surface area contributed by atoms with Gasteiger partial charge in [-0.05, 0) is 43.0 Å². The zero-order chi connectivity index (χ0) is 14.2. The van der Waals surface area contributed by atoms with Crippen LogP contribution in [0.15, 0.2) is 36.4 Å². The molecule has 0 N–H and O–H groups in total. The predicted octanol–water partition coefficient (Wildman–Crippen LogP) is 4.82. The number of rotatable bonds is 2. The zero-order valence-corrected chi connectivity index (χ0v) is 14.0. The van der Waals surface area contributed by atoms with Gasteiger partial charge in [0.15, 0.2) is 0 Å². The summed E-state index contributed by atoms with van der Waals surface area (Å²) < 4.78 is 0. The Bertz CT molecular complexity index is 580. The topological polar surface area (TPSA) is 0 Å². The first-order chi connectivity index (χ1) is 8.79. The normalized spacial score (nSPS) is 11.7. The fourth-order valence-corrected chi connectivity index (χ4v) is 3.96. The lowest BCUT2D eigenvalue weighted by Crippen LogP contribution is -2.37. The lowest BCUT2D eigenvalue weighted by Gasteiger charge is -2.19. The molecule has 19 heavy (non-hydrogen) atoms. The smallest absolute Gasteiger partial charge is 0.0656 e. The molecule has 0 nitrogen and oxygen atoms in total. The van der Waals surface area contributed by atoms with E-state index in [1.165, 1.54) is 33.0 Å². The van der Waals surface area contributed by atoms with Gasteiger partial charge >= 0.3 is 0 Å². The molecule has 0 heterocycles. The standard InChI is InChI=1S/C18H24Si/c1-13-10-14(2)18(15(3)11-13)16-8-7-9-17(12-16)19(4,5)6/h7-12H,1-6H3. The molecule has 0 radical (unpaired) electrons. The highest BCUT2D eigenvalue weighted by Crippen LogP contribution is 2.28. The lowest BCUT2D eigenvalue weighted by molar-refractivity contribution is 1.32. The predicted molar refractivity (Wildman–Crippen MR) is 89.1 cm³/mol. The molecule has 100 valence electrons. The summed E-state index contributed by atoms with van der Waals surface area (Å²) in [6.45, 7) is 13.8. The minimum Gasteiger partial charge on any atom is -0.0656 e. The fraction of sp³-hybridized carbons (Fsp3) is 0.333. The molecule has 1 heteroatoms. The Labute approximate surface area is 118 Å². The summed E-state index contributed by atoms with van der Waals surface area (Å²) >= 11 is 0. The van der Waals surface area contributed by atoms with Crippen molar-refractivity contribution in [2.75, 3.05) is 0 Å². The molecule has 0 aliphatic carbocycles. The van der Waals surface area contributed by atoms with Crippen LogP contribution in [-0.4, -0.2) is 8.07 Å². The Morgan fingerprint density at radius 2 is 1.37 bits per heavy atom. The second kappa shape index (κ2) is 4.97. The zero-order valence-electron chi connectivity index (χ0n) is 13.0. The molecule has 0 saturated heterocycles. The third-order valence-corrected chi connectivity index (χ3v) is 5.74. The van der Waals surface area contributed by atoms with Crippen molar-refractivity contribution in [3.8, 4) is 11.1 Å². The molecule has 2 aromatic rings. The average molecular weight is 268 g/mol. The van der Waals surface area contributed by atoms with E-state index in [1.54, 1.807) is 0 Å². The van der Waals surface area contributed by atoms with E-state index < -0.39 is 8.07 Å². The highest BCUT2D eigenvalue weighted by atomic mass is 28.3. The van der Waals surface area contributed by atoms with Crippen LogP contribution in [0.25, 0.3) is 11.1 Å². The summed E-state index contributed by atoms with van der Waals surface area (Å²) in [6.07, 6.45) is 0. The molecule has 2 rings (SSSR count). The third kappa shape index (κ3) is 2.98. The van der Waals surface area contributed by atoms with Gasteiger partial charge in [-0.2, -0.15) is 0 Å². The molecule has 0 aromatic heterocycles. The highest BCUT2D eigenvalue weighted by Gasteiger charge is 2.17. The Kier molecular flexibility index (Phi) is 3.68. The average Bonchev–Trinajstić information content (AvgIpc) is 2.26. The van der Waals surface area contributed by atoms with Crippen molar-refractivity contribution in [3.05, 3.63) is 53.1 Å². The maximum absolute atomic E-state index is 2.40. The second-order valence-electron chi connectivity index (χ2n) is 6.60. The van der Waals surface area contributed by atoms with Gasteiger partial charge in [0.1, 0.15) is 0 Å². The van der Waals surface area contributed by atoms with Crippen molar-refractivity contribution in [3.63, 3.8) is 0 Å². The van der Waals surface area contributed by atoms with Gasteiger partial charge in [-0.3, -0.25) is 0 Å². The molecule has 0 aliphatic rings. The number of hydrogen-bond donors (Lipinski definition) is 0. The van der Waals surface area contributed by atoms with Crippen LogP contribution in [0.3, 0.4) is 0 Å². The van der Waals surface area contributed by atoms with Gasteiger partial charge in [0.05, 0.1) is 8.07 Å². The van der Waals surface area contributed by atoms with Crippen LogP contribution in [0.1, 0.15) is 16.7 Å². The van der Waals surface area contributed by atoms with Crippen LogP contribution in [0.2, 0.25) is 19.6 Å². The molecule has 0 spiro atoms. The van der Waals surface area contributed by atoms with E-state index in [1.807, 2.05) is 0 Å². The van der Waals surface area contributed by atoms with Crippen LogP contribution >= 0.6 is 0 Å². The van der Waals surface area contributed by atoms with Crippen molar-refractivity contribution < 1.29 is 0 Å². The van der Waals surface area contributed by atoms with E-state index in [4.69, 9.17) is 0 Å². The summed E-state index contributed by atoms with van der Waals surface area (Å²) in [6, 6.07) is 13.7. The lowest BCUT2D eigenvalue weighted by atomic mass is 9.94. The quantitative estimate of drug-likeness (QED) is 0.685. The van der Waals surface area contributed by atoms with Crippen molar-refractivity contribution in [2.24, 2.45) is 0 Å². The van der Waals surface area contributed by atoms with E-state index in [9.17, 15) is 0 Å². The molecule has 0 aliphatic heterocycles. The van der Waals surface area contributed by atoms with Crippen LogP contribution in [0.5, 0.6) is 0 Å². The highest BCUT2D eigenvalue weighted by molar-refractivity contribution is 6.88. The summed E-state index contributed by atoms with van der Waals surface area (Å²) in [5.41, 5.74) is 6.89. The summed E-state index contributed by atoms with van der Waals surface area (Å²) in [5.74, 6) is 0. The summed E-state index contributed by atoms with van der Waals surface area (Å²) in [7, 11) is -1.24. The molecule has 2 aromatic carbocycles. The first-order valence-corrected chi connectivity index (χ1v) is 10.5. The van der Waals surface area contributed by atoms with Crippen LogP contribution < -0.4 is 5.19 Å². The molecule has 0 saturated carbocycles. The molecule has 0 bridgehead atoms. The van der Waals surface area contributed by atoms with Gasteiger partial charge < -0.3 is 0 Å². The molecule has 0 atom stereocenters. The first-order valence-electron chi connectivity index (χ1n) is 6.98. The van der Waals surface area contributed by atoms with E-state index in [2.05, 4.69) is 76.8 Å². The maximum atomic E-state index is 2.40. The van der Waals surface area contributed by atoms with E-state index in [-0.39, 0.29) is 0 Å². The fourth-order valence-electron chi connectivity index (χ4n) is 2.78. The van der Waals surface area contributed by atoms with Crippen molar-refractivity contribution in [1.82, 2.24) is 0 Å². The van der Waals surface area contributed by atoms with Crippen molar-refractivity contribution >= 4 is 13.3 Å². The van der Waals surface area contributed by atoms with Gasteiger partial charge in [-0.1, -0.05) is 66.8 Å². The molecule has 0 amide bonds. The number of benzene rings is 2. The first kappa shape index (κ1) is 14.1. The van der Waals surface area contributed by atoms with Crippen LogP contribution in [0, 0.1) is 20.8 Å². The number of aryl methyl sites for hydroxylation is 3. The van der Waals surface area contributed by atoms with Gasteiger partial charge in [0.25, 0.3) is 0 Å². The van der Waals surface area contributed by atoms with Gasteiger partial charge in [0, 0.05) is 0 Å². The SMILES string of the molecule is Cc1cc(C)c(-c2cccc([Si](C)(C)C)c2)c(C)c1. The molecule has 0 unspecified atom stereocenters.